The summed E-state index contributed by atoms with van der Waals surface area (Å²) >= 11 is 5.72. The zero-order chi connectivity index (χ0) is 14.0. The van der Waals surface area contributed by atoms with Crippen molar-refractivity contribution in [2.45, 2.75) is 6.18 Å². The number of hydrogen-bond donors (Lipinski definition) is 1. The van der Waals surface area contributed by atoms with Crippen molar-refractivity contribution in [3.05, 3.63) is 28.5 Å². The highest BCUT2D eigenvalue weighted by atomic mass is 35.5. The number of nitrogens with zero attached hydrogens (tertiary/aromatic N) is 2. The lowest BCUT2D eigenvalue weighted by Crippen LogP contribution is -2.46. The minimum absolute atomic E-state index is 0. The number of hydrogen-bond acceptors (Lipinski definition) is 3. The normalized spacial score (nSPS) is 15.7. The van der Waals surface area contributed by atoms with Crippen molar-refractivity contribution in [1.82, 2.24) is 15.2 Å². The van der Waals surface area contributed by atoms with Gasteiger partial charge in [0, 0.05) is 32.4 Å². The molecule has 1 amide bonds. The van der Waals surface area contributed by atoms with Gasteiger partial charge in [-0.2, -0.15) is 13.2 Å². The van der Waals surface area contributed by atoms with Gasteiger partial charge >= 0.3 is 6.18 Å². The molecule has 4 nitrogen and oxygen atoms in total. The Balaban J connectivity index is 0.00000200. The minimum atomic E-state index is -4.52. The molecule has 1 aliphatic heterocycles. The van der Waals surface area contributed by atoms with Gasteiger partial charge in [0.15, 0.2) is 0 Å². The van der Waals surface area contributed by atoms with E-state index in [0.29, 0.717) is 32.4 Å². The van der Waals surface area contributed by atoms with Crippen molar-refractivity contribution in [3.63, 3.8) is 0 Å². The van der Waals surface area contributed by atoms with Crippen molar-refractivity contribution in [2.24, 2.45) is 0 Å². The molecule has 0 radical (unpaired) electrons. The van der Waals surface area contributed by atoms with Gasteiger partial charge in [-0.25, -0.2) is 4.98 Å². The Kier molecular flexibility index (Phi) is 5.61. The number of rotatable bonds is 1. The van der Waals surface area contributed by atoms with Gasteiger partial charge in [0.1, 0.15) is 5.69 Å². The van der Waals surface area contributed by atoms with Gasteiger partial charge in [0.25, 0.3) is 5.91 Å². The van der Waals surface area contributed by atoms with E-state index >= 15 is 0 Å². The van der Waals surface area contributed by atoms with Crippen LogP contribution in [-0.4, -0.2) is 42.0 Å². The van der Waals surface area contributed by atoms with E-state index in [9.17, 15) is 18.0 Å². The third-order valence-corrected chi connectivity index (χ3v) is 3.06. The van der Waals surface area contributed by atoms with E-state index in [1.807, 2.05) is 0 Å². The molecule has 0 unspecified atom stereocenters. The number of amides is 1. The number of carbonyl (C=O) groups excluding carboxylic acids is 1. The predicted molar refractivity (Wildman–Crippen MR) is 70.3 cm³/mol. The van der Waals surface area contributed by atoms with Gasteiger partial charge < -0.3 is 10.2 Å². The molecule has 0 bridgehead atoms. The molecule has 1 aromatic rings. The highest BCUT2D eigenvalue weighted by Crippen LogP contribution is 2.31. The molecule has 9 heteroatoms. The van der Waals surface area contributed by atoms with Crippen LogP contribution in [0.15, 0.2) is 12.3 Å². The zero-order valence-corrected chi connectivity index (χ0v) is 11.8. The topological polar surface area (TPSA) is 45.2 Å². The zero-order valence-electron chi connectivity index (χ0n) is 10.2. The summed E-state index contributed by atoms with van der Waals surface area (Å²) in [6.07, 6.45) is -3.89. The van der Waals surface area contributed by atoms with E-state index < -0.39 is 17.6 Å². The molecule has 1 aromatic heterocycles. The number of alkyl halides is 3. The third-order valence-electron chi connectivity index (χ3n) is 2.78. The van der Waals surface area contributed by atoms with E-state index in [1.54, 1.807) is 0 Å². The third kappa shape index (κ3) is 3.74. The number of piperazine rings is 1. The monoisotopic (exact) mass is 329 g/mol. The molecule has 0 atom stereocenters. The van der Waals surface area contributed by atoms with E-state index in [-0.39, 0.29) is 23.1 Å². The van der Waals surface area contributed by atoms with Crippen LogP contribution >= 0.6 is 24.0 Å². The Morgan fingerprint density at radius 1 is 1.35 bits per heavy atom. The smallest absolute Gasteiger partial charge is 0.335 e. The Morgan fingerprint density at radius 2 is 1.95 bits per heavy atom. The van der Waals surface area contributed by atoms with Crippen molar-refractivity contribution >= 4 is 29.9 Å². The molecule has 112 valence electrons. The predicted octanol–water partition coefficient (Wildman–Crippen LogP) is 2.22. The van der Waals surface area contributed by atoms with Crippen LogP contribution in [0.25, 0.3) is 0 Å². The van der Waals surface area contributed by atoms with E-state index in [0.717, 1.165) is 6.07 Å². The maximum Gasteiger partial charge on any atom is 0.417 e. The maximum absolute atomic E-state index is 12.5. The molecule has 20 heavy (non-hydrogen) atoms. The summed E-state index contributed by atoms with van der Waals surface area (Å²) in [5.41, 5.74) is -1.11. The Bertz CT molecular complexity index is 490. The summed E-state index contributed by atoms with van der Waals surface area (Å²) in [6.45, 7) is 2.25. The second-order valence-corrected chi connectivity index (χ2v) is 4.50. The van der Waals surface area contributed by atoms with Crippen LogP contribution in [0.4, 0.5) is 13.2 Å². The number of pyridine rings is 1. The van der Waals surface area contributed by atoms with Crippen LogP contribution in [-0.2, 0) is 6.18 Å². The molecule has 1 aliphatic rings. The van der Waals surface area contributed by atoms with E-state index in [2.05, 4.69) is 10.3 Å². The first-order chi connectivity index (χ1) is 8.89. The average Bonchev–Trinajstić information content (AvgIpc) is 2.38. The lowest BCUT2D eigenvalue weighted by Gasteiger charge is -2.27. The van der Waals surface area contributed by atoms with Crippen molar-refractivity contribution < 1.29 is 18.0 Å². The van der Waals surface area contributed by atoms with Gasteiger partial charge in [-0.15, -0.1) is 12.4 Å². The fourth-order valence-corrected chi connectivity index (χ4v) is 2.02. The Labute approximate surface area is 124 Å². The van der Waals surface area contributed by atoms with Crippen molar-refractivity contribution in [1.29, 1.82) is 0 Å². The lowest BCUT2D eigenvalue weighted by atomic mass is 10.2. The minimum Gasteiger partial charge on any atom is -0.335 e. The first kappa shape index (κ1) is 17.0. The lowest BCUT2D eigenvalue weighted by molar-refractivity contribution is -0.137. The fraction of sp³-hybridized carbons (Fsp3) is 0.455. The summed E-state index contributed by atoms with van der Waals surface area (Å²) in [7, 11) is 0. The average molecular weight is 330 g/mol. The van der Waals surface area contributed by atoms with E-state index in [1.165, 1.54) is 4.90 Å². The Hall–Kier alpha value is -1.05. The van der Waals surface area contributed by atoms with Gasteiger partial charge in [-0.1, -0.05) is 11.6 Å². The summed E-state index contributed by atoms with van der Waals surface area (Å²) in [5, 5.41) is 2.79. The number of carbonyl (C=O) groups is 1. The van der Waals surface area contributed by atoms with Crippen LogP contribution in [0.3, 0.4) is 0 Å². The SMILES string of the molecule is Cl.O=C(c1ncc(C(F)(F)F)cc1Cl)N1CCNCC1. The molecule has 2 rings (SSSR count). The summed E-state index contributed by atoms with van der Waals surface area (Å²) in [5.74, 6) is -0.444. The van der Waals surface area contributed by atoms with Crippen LogP contribution in [0.5, 0.6) is 0 Å². The van der Waals surface area contributed by atoms with E-state index in [4.69, 9.17) is 11.6 Å². The molecule has 0 aromatic carbocycles. The second kappa shape index (κ2) is 6.60. The largest absolute Gasteiger partial charge is 0.417 e. The number of aromatic nitrogens is 1. The molecule has 2 heterocycles. The molecule has 1 saturated heterocycles. The molecular formula is C11H12Cl2F3N3O. The van der Waals surface area contributed by atoms with Crippen LogP contribution < -0.4 is 5.32 Å². The first-order valence-electron chi connectivity index (χ1n) is 5.62. The molecule has 0 spiro atoms. The van der Waals surface area contributed by atoms with Gasteiger partial charge in [-0.3, -0.25) is 4.79 Å². The van der Waals surface area contributed by atoms with Crippen LogP contribution in [0.2, 0.25) is 5.02 Å². The van der Waals surface area contributed by atoms with Gasteiger partial charge in [0.2, 0.25) is 0 Å². The first-order valence-corrected chi connectivity index (χ1v) is 6.00. The maximum atomic E-state index is 12.5. The van der Waals surface area contributed by atoms with Crippen LogP contribution in [0.1, 0.15) is 16.1 Å². The molecule has 0 aliphatic carbocycles. The molecule has 1 fully saturated rings. The van der Waals surface area contributed by atoms with Gasteiger partial charge in [0.05, 0.1) is 10.6 Å². The summed E-state index contributed by atoms with van der Waals surface area (Å²) in [4.78, 5) is 17.1. The summed E-state index contributed by atoms with van der Waals surface area (Å²) in [6, 6.07) is 0.726. The summed E-state index contributed by atoms with van der Waals surface area (Å²) < 4.78 is 37.4. The second-order valence-electron chi connectivity index (χ2n) is 4.09. The Morgan fingerprint density at radius 3 is 2.45 bits per heavy atom. The highest BCUT2D eigenvalue weighted by Gasteiger charge is 2.32. The highest BCUT2D eigenvalue weighted by molar-refractivity contribution is 6.33. The number of nitrogens with one attached hydrogen (secondary N) is 1. The molecule has 1 N–H and O–H groups in total. The number of halogens is 5. The fourth-order valence-electron chi connectivity index (χ4n) is 1.77. The molecular weight excluding hydrogens is 318 g/mol. The van der Waals surface area contributed by atoms with Crippen molar-refractivity contribution in [3.8, 4) is 0 Å². The quantitative estimate of drug-likeness (QED) is 0.859. The van der Waals surface area contributed by atoms with Gasteiger partial charge in [-0.05, 0) is 6.07 Å². The van der Waals surface area contributed by atoms with Crippen LogP contribution in [0, 0.1) is 0 Å². The standard InChI is InChI=1S/C11H11ClF3N3O.ClH/c12-8-5-7(11(13,14)15)6-17-9(8)10(19)18-3-1-16-2-4-18;/h5-6,16H,1-4H2;1H. The molecule has 0 saturated carbocycles. The van der Waals surface area contributed by atoms with Crippen molar-refractivity contribution in [2.75, 3.05) is 26.2 Å².